The first-order chi connectivity index (χ1) is 10.8. The second kappa shape index (κ2) is 7.11. The molecule has 3 aromatic rings. The predicted octanol–water partition coefficient (Wildman–Crippen LogP) is -2.42. The molecule has 0 saturated carbocycles. The molecule has 0 amide bonds. The quantitative estimate of drug-likeness (QED) is 0.433. The van der Waals surface area contributed by atoms with Crippen LogP contribution in [0.3, 0.4) is 0 Å². The zero-order valence-electron chi connectivity index (χ0n) is 12.0. The van der Waals surface area contributed by atoms with Crippen molar-refractivity contribution in [3.8, 4) is 0 Å². The Balaban J connectivity index is 0.000000338. The molecule has 2 aromatic heterocycles. The molecule has 0 saturated heterocycles. The lowest BCUT2D eigenvalue weighted by Crippen LogP contribution is -2.58. The van der Waals surface area contributed by atoms with E-state index in [0.29, 0.717) is 13.1 Å². The van der Waals surface area contributed by atoms with Crippen molar-refractivity contribution < 1.29 is 28.9 Å². The normalized spacial score (nSPS) is 11.4. The Hall–Kier alpha value is -1.91. The fourth-order valence-corrected chi connectivity index (χ4v) is 2.08. The van der Waals surface area contributed by atoms with E-state index in [1.54, 1.807) is 0 Å². The topological polar surface area (TPSA) is 167 Å². The SMILES string of the molecule is NCc1ccc2ccc3ccc(CN)nc3c2n1.[O-][Cl+3]([O-])([O-])O. The molecular formula is C14H15ClN4O4. The van der Waals surface area contributed by atoms with Gasteiger partial charge in [-0.15, -0.1) is 0 Å². The summed E-state index contributed by atoms with van der Waals surface area (Å²) in [6, 6.07) is 12.0. The Morgan fingerprint density at radius 3 is 1.39 bits per heavy atom. The lowest BCUT2D eigenvalue weighted by atomic mass is 10.1. The van der Waals surface area contributed by atoms with E-state index in [1.165, 1.54) is 0 Å². The number of nitrogens with zero attached hydrogens (tertiary/aromatic N) is 2. The Labute approximate surface area is 133 Å². The average Bonchev–Trinajstić information content (AvgIpc) is 2.52. The van der Waals surface area contributed by atoms with E-state index in [4.69, 9.17) is 30.1 Å². The minimum Gasteiger partial charge on any atom is -0.325 e. The second-order valence-electron chi connectivity index (χ2n) is 4.62. The van der Waals surface area contributed by atoms with Gasteiger partial charge in [0.15, 0.2) is 0 Å². The lowest BCUT2D eigenvalue weighted by Gasteiger charge is -2.05. The molecule has 5 N–H and O–H groups in total. The number of halogens is 1. The molecule has 0 aliphatic heterocycles. The molecule has 0 aliphatic carbocycles. The van der Waals surface area contributed by atoms with E-state index in [-0.39, 0.29) is 0 Å². The summed E-state index contributed by atoms with van der Waals surface area (Å²) in [6.45, 7) is 0.867. The third-order valence-electron chi connectivity index (χ3n) is 3.05. The van der Waals surface area contributed by atoms with Crippen molar-refractivity contribution in [2.45, 2.75) is 13.1 Å². The molecule has 0 unspecified atom stereocenters. The van der Waals surface area contributed by atoms with Crippen molar-refractivity contribution in [1.29, 1.82) is 0 Å². The van der Waals surface area contributed by atoms with Crippen molar-refractivity contribution in [2.24, 2.45) is 11.5 Å². The summed E-state index contributed by atoms with van der Waals surface area (Å²) in [5.74, 6) is 0. The van der Waals surface area contributed by atoms with Crippen LogP contribution in [0.1, 0.15) is 11.4 Å². The summed E-state index contributed by atoms with van der Waals surface area (Å²) in [5, 5.41) is 2.14. The van der Waals surface area contributed by atoms with Crippen LogP contribution in [0.4, 0.5) is 0 Å². The molecule has 0 spiro atoms. The maximum absolute atomic E-state index is 8.60. The highest BCUT2D eigenvalue weighted by Gasteiger charge is 2.05. The van der Waals surface area contributed by atoms with Gasteiger partial charge in [-0.1, -0.05) is 24.3 Å². The van der Waals surface area contributed by atoms with E-state index in [9.17, 15) is 0 Å². The summed E-state index contributed by atoms with van der Waals surface area (Å²) >= 11 is 0. The highest BCUT2D eigenvalue weighted by Crippen LogP contribution is 2.22. The molecule has 9 heteroatoms. The van der Waals surface area contributed by atoms with Crippen molar-refractivity contribution in [2.75, 3.05) is 0 Å². The minimum atomic E-state index is -4.69. The Bertz CT molecular complexity index is 754. The van der Waals surface area contributed by atoms with Crippen LogP contribution in [-0.4, -0.2) is 14.6 Å². The van der Waals surface area contributed by atoms with Crippen molar-refractivity contribution in [1.82, 2.24) is 9.97 Å². The van der Waals surface area contributed by atoms with Gasteiger partial charge < -0.3 is 11.5 Å². The zero-order valence-corrected chi connectivity index (χ0v) is 12.7. The molecule has 0 aliphatic rings. The minimum absolute atomic E-state index is 0.433. The van der Waals surface area contributed by atoms with E-state index in [2.05, 4.69) is 22.1 Å². The second-order valence-corrected chi connectivity index (χ2v) is 5.41. The van der Waals surface area contributed by atoms with Crippen molar-refractivity contribution >= 4 is 21.8 Å². The van der Waals surface area contributed by atoms with Gasteiger partial charge in [0.05, 0.1) is 37.3 Å². The molecule has 23 heavy (non-hydrogen) atoms. The fraction of sp³-hybridized carbons (Fsp3) is 0.143. The first-order valence-corrected chi connectivity index (χ1v) is 7.80. The average molecular weight is 339 g/mol. The van der Waals surface area contributed by atoms with Crippen LogP contribution in [0.25, 0.3) is 21.8 Å². The van der Waals surface area contributed by atoms with E-state index >= 15 is 0 Å². The molecule has 1 aromatic carbocycles. The first kappa shape index (κ1) is 17.4. The summed E-state index contributed by atoms with van der Waals surface area (Å²) in [7, 11) is -4.69. The highest BCUT2D eigenvalue weighted by molar-refractivity contribution is 6.02. The maximum atomic E-state index is 8.60. The zero-order chi connectivity index (χ0) is 17.0. The summed E-state index contributed by atoms with van der Waals surface area (Å²) < 4.78 is 32.7. The standard InChI is InChI=1S/C14H14N4.ClHO4/c15-7-11-5-3-9-1-2-10-4-6-12(8-16)18-14(10)13(9)17-11;2-1(3,4)5/h1-6H,7-8,15-16H2;(H,2,3,4,5). The summed E-state index contributed by atoms with van der Waals surface area (Å²) in [4.78, 5) is 9.14. The molecule has 8 nitrogen and oxygen atoms in total. The van der Waals surface area contributed by atoms with Crippen molar-refractivity contribution in [3.05, 3.63) is 47.8 Å². The maximum Gasteiger partial charge on any atom is 0.0968 e. The van der Waals surface area contributed by atoms with Gasteiger partial charge in [-0.25, -0.2) is 9.97 Å². The molecule has 0 bridgehead atoms. The Kier molecular flexibility index (Phi) is 5.39. The van der Waals surface area contributed by atoms with Crippen LogP contribution in [-0.2, 0) is 13.1 Å². The summed E-state index contributed by atoms with van der Waals surface area (Å²) in [6.07, 6.45) is 0. The number of aromatic nitrogens is 2. The van der Waals surface area contributed by atoms with E-state index < -0.39 is 10.2 Å². The molecule has 2 heterocycles. The largest absolute Gasteiger partial charge is 0.325 e. The third kappa shape index (κ3) is 4.78. The third-order valence-corrected chi connectivity index (χ3v) is 3.05. The first-order valence-electron chi connectivity index (χ1n) is 6.53. The van der Waals surface area contributed by atoms with Gasteiger partial charge in [-0.3, -0.25) is 0 Å². The van der Waals surface area contributed by atoms with Crippen LogP contribution < -0.4 is 25.4 Å². The van der Waals surface area contributed by atoms with Gasteiger partial charge in [0.2, 0.25) is 0 Å². The van der Waals surface area contributed by atoms with Crippen molar-refractivity contribution in [3.63, 3.8) is 0 Å². The fourth-order valence-electron chi connectivity index (χ4n) is 2.08. The molecular weight excluding hydrogens is 324 g/mol. The smallest absolute Gasteiger partial charge is 0.0968 e. The number of nitrogens with two attached hydrogens (primary N) is 2. The van der Waals surface area contributed by atoms with Gasteiger partial charge >= 0.3 is 0 Å². The van der Waals surface area contributed by atoms with Crippen LogP contribution in [0, 0.1) is 10.2 Å². The number of fused-ring (bicyclic) bond motifs is 3. The number of rotatable bonds is 2. The number of hydrogen-bond acceptors (Lipinski definition) is 8. The monoisotopic (exact) mass is 338 g/mol. The molecule has 0 atom stereocenters. The van der Waals surface area contributed by atoms with Gasteiger partial charge in [0, 0.05) is 23.9 Å². The van der Waals surface area contributed by atoms with Gasteiger partial charge in [0.1, 0.15) is 0 Å². The van der Waals surface area contributed by atoms with Crippen LogP contribution in [0.5, 0.6) is 0 Å². The summed E-state index contributed by atoms with van der Waals surface area (Å²) in [5.41, 5.74) is 14.8. The van der Waals surface area contributed by atoms with Crippen LogP contribution in [0.15, 0.2) is 36.4 Å². The lowest BCUT2D eigenvalue weighted by molar-refractivity contribution is -1.92. The van der Waals surface area contributed by atoms with Gasteiger partial charge in [0.25, 0.3) is 0 Å². The van der Waals surface area contributed by atoms with Crippen LogP contribution in [0.2, 0.25) is 0 Å². The van der Waals surface area contributed by atoms with E-state index in [1.807, 2.05) is 24.3 Å². The van der Waals surface area contributed by atoms with Gasteiger partial charge in [-0.05, 0) is 12.1 Å². The van der Waals surface area contributed by atoms with E-state index in [0.717, 1.165) is 33.2 Å². The molecule has 0 radical (unpaired) electrons. The molecule has 122 valence electrons. The molecule has 0 fully saturated rings. The van der Waals surface area contributed by atoms with Gasteiger partial charge in [-0.2, -0.15) is 14.0 Å². The number of pyridine rings is 2. The predicted molar refractivity (Wildman–Crippen MR) is 75.0 cm³/mol. The van der Waals surface area contributed by atoms with Crippen LogP contribution >= 0.6 is 0 Å². The molecule has 3 rings (SSSR count). The number of benzene rings is 1. The Morgan fingerprint density at radius 1 is 0.783 bits per heavy atom. The highest BCUT2D eigenvalue weighted by atomic mass is 35.7. The number of hydrogen-bond donors (Lipinski definition) is 3. The Morgan fingerprint density at radius 2 is 1.09 bits per heavy atom.